The number of nitrogens with two attached hydrogens (primary N) is 1. The van der Waals surface area contributed by atoms with E-state index < -0.39 is 5.60 Å². The van der Waals surface area contributed by atoms with E-state index in [-0.39, 0.29) is 23.8 Å². The van der Waals surface area contributed by atoms with Crippen molar-refractivity contribution in [1.82, 2.24) is 4.90 Å². The third-order valence-electron chi connectivity index (χ3n) is 6.65. The van der Waals surface area contributed by atoms with Crippen molar-refractivity contribution in [2.75, 3.05) is 6.54 Å². The molecule has 1 saturated heterocycles. The molecular weight excluding hydrogens is 436 g/mol. The van der Waals surface area contributed by atoms with Crippen LogP contribution in [0.3, 0.4) is 0 Å². The molecule has 1 saturated carbocycles. The number of benzene rings is 2. The first-order valence-corrected chi connectivity index (χ1v) is 12.8. The third-order valence-corrected chi connectivity index (χ3v) is 6.65. The highest BCUT2D eigenvalue weighted by Crippen LogP contribution is 2.28. The summed E-state index contributed by atoms with van der Waals surface area (Å²) in [5.41, 5.74) is 7.21. The van der Waals surface area contributed by atoms with Gasteiger partial charge in [-0.15, -0.1) is 0 Å². The lowest BCUT2D eigenvalue weighted by Gasteiger charge is -2.37. The SMILES string of the molecule is CC(c1ccc(C#CC2(N)CCCCC2)cc1)N1CCC(CC(C)(C)O)OC1=O.c1ccccc1. The molecular formula is C30H40N2O3. The topological polar surface area (TPSA) is 75.8 Å². The first-order chi connectivity index (χ1) is 16.7. The molecule has 188 valence electrons. The lowest BCUT2D eigenvalue weighted by Crippen LogP contribution is -2.45. The minimum Gasteiger partial charge on any atom is -0.446 e. The van der Waals surface area contributed by atoms with Gasteiger partial charge in [0.1, 0.15) is 6.10 Å². The van der Waals surface area contributed by atoms with E-state index in [0.717, 1.165) is 43.2 Å². The van der Waals surface area contributed by atoms with Crippen LogP contribution in [0.15, 0.2) is 60.7 Å². The molecule has 1 amide bonds. The van der Waals surface area contributed by atoms with E-state index >= 15 is 0 Å². The Morgan fingerprint density at radius 2 is 1.66 bits per heavy atom. The molecule has 0 radical (unpaired) electrons. The summed E-state index contributed by atoms with van der Waals surface area (Å²) in [5.74, 6) is 6.51. The standard InChI is InChI=1S/C24H34N2O3.C6H6/c1-18(26-16-12-21(29-22(26)27)17-23(2,3)28)20-9-7-19(8-10-20)11-15-24(25)13-5-4-6-14-24;1-2-4-6-5-3-1/h7-10,18,21,28H,4-6,12-14,16-17,25H2,1-3H3;1-6H. The Morgan fingerprint density at radius 3 is 2.17 bits per heavy atom. The van der Waals surface area contributed by atoms with Gasteiger partial charge in [-0.25, -0.2) is 4.79 Å². The molecule has 35 heavy (non-hydrogen) atoms. The molecule has 2 aliphatic rings. The molecule has 2 atom stereocenters. The van der Waals surface area contributed by atoms with E-state index in [0.29, 0.717) is 13.0 Å². The maximum atomic E-state index is 12.5. The largest absolute Gasteiger partial charge is 0.446 e. The number of nitrogens with zero attached hydrogens (tertiary/aromatic N) is 1. The molecule has 1 aliphatic heterocycles. The molecule has 1 aliphatic carbocycles. The van der Waals surface area contributed by atoms with Crippen LogP contribution in [0, 0.1) is 11.8 Å². The number of carbonyl (C=O) groups excluding carboxylic acids is 1. The highest BCUT2D eigenvalue weighted by molar-refractivity contribution is 5.69. The molecule has 0 bridgehead atoms. The van der Waals surface area contributed by atoms with Gasteiger partial charge in [-0.1, -0.05) is 79.6 Å². The second-order valence-electron chi connectivity index (χ2n) is 10.4. The highest BCUT2D eigenvalue weighted by atomic mass is 16.6. The Balaban J connectivity index is 0.000000497. The summed E-state index contributed by atoms with van der Waals surface area (Å²) in [5, 5.41) is 9.95. The predicted molar refractivity (Wildman–Crippen MR) is 141 cm³/mol. The maximum Gasteiger partial charge on any atom is 0.410 e. The fourth-order valence-electron chi connectivity index (χ4n) is 4.61. The lowest BCUT2D eigenvalue weighted by molar-refractivity contribution is -0.0309. The minimum absolute atomic E-state index is 0.0770. The molecule has 0 aromatic heterocycles. The number of cyclic esters (lactones) is 1. The second-order valence-corrected chi connectivity index (χ2v) is 10.4. The summed E-state index contributed by atoms with van der Waals surface area (Å²) in [7, 11) is 0. The van der Waals surface area contributed by atoms with Gasteiger partial charge in [0.25, 0.3) is 0 Å². The number of rotatable bonds is 4. The van der Waals surface area contributed by atoms with E-state index in [4.69, 9.17) is 10.5 Å². The summed E-state index contributed by atoms with van der Waals surface area (Å²) >= 11 is 0. The van der Waals surface area contributed by atoms with E-state index in [1.807, 2.05) is 67.6 Å². The van der Waals surface area contributed by atoms with Gasteiger partial charge in [-0.3, -0.25) is 0 Å². The summed E-state index contributed by atoms with van der Waals surface area (Å²) < 4.78 is 5.55. The van der Waals surface area contributed by atoms with Gasteiger partial charge in [0, 0.05) is 24.9 Å². The van der Waals surface area contributed by atoms with Gasteiger partial charge in [0.2, 0.25) is 0 Å². The molecule has 3 N–H and O–H groups in total. The molecule has 5 heteroatoms. The van der Waals surface area contributed by atoms with Crippen LogP contribution in [0.5, 0.6) is 0 Å². The summed E-state index contributed by atoms with van der Waals surface area (Å²) in [6.07, 6.45) is 6.15. The second kappa shape index (κ2) is 12.2. The van der Waals surface area contributed by atoms with Crippen molar-refractivity contribution in [2.24, 2.45) is 5.73 Å². The monoisotopic (exact) mass is 476 g/mol. The quantitative estimate of drug-likeness (QED) is 0.545. The van der Waals surface area contributed by atoms with Gasteiger partial charge in [0.05, 0.1) is 17.2 Å². The average Bonchev–Trinajstić information content (AvgIpc) is 2.84. The summed E-state index contributed by atoms with van der Waals surface area (Å²) in [6.45, 7) is 6.11. The summed E-state index contributed by atoms with van der Waals surface area (Å²) in [4.78, 5) is 14.2. The number of aliphatic hydroxyl groups is 1. The number of ether oxygens (including phenoxy) is 1. The van der Waals surface area contributed by atoms with Crippen LogP contribution >= 0.6 is 0 Å². The zero-order valence-electron chi connectivity index (χ0n) is 21.4. The van der Waals surface area contributed by atoms with Crippen molar-refractivity contribution in [2.45, 2.75) is 89.0 Å². The molecule has 2 fully saturated rings. The number of hydrogen-bond donors (Lipinski definition) is 2. The zero-order valence-corrected chi connectivity index (χ0v) is 21.4. The molecule has 5 nitrogen and oxygen atoms in total. The van der Waals surface area contributed by atoms with Gasteiger partial charge in [0.15, 0.2) is 0 Å². The molecule has 2 unspecified atom stereocenters. The van der Waals surface area contributed by atoms with Crippen molar-refractivity contribution >= 4 is 6.09 Å². The van der Waals surface area contributed by atoms with Crippen LogP contribution in [-0.2, 0) is 4.74 Å². The molecule has 0 spiro atoms. The van der Waals surface area contributed by atoms with Crippen LogP contribution in [0.4, 0.5) is 4.79 Å². The Bertz CT molecular complexity index is 954. The van der Waals surface area contributed by atoms with Gasteiger partial charge in [-0.2, -0.15) is 0 Å². The van der Waals surface area contributed by atoms with Gasteiger partial charge < -0.3 is 20.5 Å². The van der Waals surface area contributed by atoms with Crippen molar-refractivity contribution in [3.8, 4) is 11.8 Å². The smallest absolute Gasteiger partial charge is 0.410 e. The van der Waals surface area contributed by atoms with E-state index in [9.17, 15) is 9.90 Å². The minimum atomic E-state index is -0.838. The third kappa shape index (κ3) is 8.72. The van der Waals surface area contributed by atoms with Crippen LogP contribution in [-0.4, -0.2) is 39.9 Å². The predicted octanol–water partition coefficient (Wildman–Crippen LogP) is 5.82. The van der Waals surface area contributed by atoms with E-state index in [2.05, 4.69) is 11.8 Å². The van der Waals surface area contributed by atoms with Gasteiger partial charge >= 0.3 is 6.09 Å². The first kappa shape index (κ1) is 26.8. The number of amides is 1. The maximum absolute atomic E-state index is 12.5. The zero-order chi connectivity index (χ0) is 25.3. The molecule has 2 aromatic carbocycles. The molecule has 2 aromatic rings. The van der Waals surface area contributed by atoms with Crippen molar-refractivity contribution in [1.29, 1.82) is 0 Å². The number of carbonyl (C=O) groups is 1. The van der Waals surface area contributed by atoms with Crippen molar-refractivity contribution < 1.29 is 14.6 Å². The molecule has 4 rings (SSSR count). The number of hydrogen-bond acceptors (Lipinski definition) is 4. The van der Waals surface area contributed by atoms with Crippen molar-refractivity contribution in [3.05, 3.63) is 71.8 Å². The van der Waals surface area contributed by atoms with E-state index in [1.165, 1.54) is 6.42 Å². The van der Waals surface area contributed by atoms with Crippen LogP contribution in [0.25, 0.3) is 0 Å². The average molecular weight is 477 g/mol. The van der Waals surface area contributed by atoms with Crippen molar-refractivity contribution in [3.63, 3.8) is 0 Å². The summed E-state index contributed by atoms with van der Waals surface area (Å²) in [6, 6.07) is 20.0. The van der Waals surface area contributed by atoms with Crippen LogP contribution < -0.4 is 5.73 Å². The van der Waals surface area contributed by atoms with Gasteiger partial charge in [-0.05, 0) is 51.3 Å². The Hall–Kier alpha value is -2.81. The Kier molecular flexibility index (Phi) is 9.37. The Morgan fingerprint density at radius 1 is 1.09 bits per heavy atom. The lowest BCUT2D eigenvalue weighted by atomic mass is 9.83. The van der Waals surface area contributed by atoms with Crippen LogP contribution in [0.1, 0.15) is 82.9 Å². The Labute approximate surface area is 210 Å². The fourth-order valence-corrected chi connectivity index (χ4v) is 4.61. The normalized spacial score (nSPS) is 20.4. The highest BCUT2D eigenvalue weighted by Gasteiger charge is 2.33. The van der Waals surface area contributed by atoms with E-state index in [1.54, 1.807) is 18.7 Å². The molecule has 1 heterocycles. The van der Waals surface area contributed by atoms with Crippen LogP contribution in [0.2, 0.25) is 0 Å². The fraction of sp³-hybridized carbons (Fsp3) is 0.500. The first-order valence-electron chi connectivity index (χ1n) is 12.8.